The van der Waals surface area contributed by atoms with E-state index in [9.17, 15) is 10.1 Å². The fourth-order valence-electron chi connectivity index (χ4n) is 6.59. The van der Waals surface area contributed by atoms with Crippen LogP contribution in [0.1, 0.15) is 25.7 Å². The van der Waals surface area contributed by atoms with Gasteiger partial charge in [-0.15, -0.1) is 20.5 Å². The van der Waals surface area contributed by atoms with E-state index in [-0.39, 0.29) is 10.6 Å². The Hall–Kier alpha value is -4.14. The van der Waals surface area contributed by atoms with Crippen LogP contribution in [0.3, 0.4) is 0 Å². The summed E-state index contributed by atoms with van der Waals surface area (Å²) in [6.45, 7) is 3.94. The second-order valence-electron chi connectivity index (χ2n) is 11.0. The van der Waals surface area contributed by atoms with Crippen LogP contribution in [0.2, 0.25) is 0 Å². The molecule has 0 saturated carbocycles. The van der Waals surface area contributed by atoms with Gasteiger partial charge in [-0.2, -0.15) is 8.80 Å². The summed E-state index contributed by atoms with van der Waals surface area (Å²) in [6.07, 6.45) is 8.88. The van der Waals surface area contributed by atoms with Crippen LogP contribution in [0.25, 0.3) is 33.1 Å². The minimum Gasteiger partial charge on any atom is -0.263 e. The zero-order valence-electron chi connectivity index (χ0n) is 24.5. The Morgan fingerprint density at radius 2 is 1.00 bits per heavy atom. The molecule has 0 unspecified atom stereocenters. The van der Waals surface area contributed by atoms with Crippen molar-refractivity contribution in [2.45, 2.75) is 25.7 Å². The van der Waals surface area contributed by atoms with Gasteiger partial charge in [0.15, 0.2) is 27.6 Å². The van der Waals surface area contributed by atoms with Crippen molar-refractivity contribution in [2.75, 3.05) is 36.0 Å². The number of aromatic nitrogens is 4. The predicted octanol–water partition coefficient (Wildman–Crippen LogP) is -5.58. The molecule has 0 radical (unpaired) electrons. The number of imidazole rings is 2. The molecule has 17 nitrogen and oxygen atoms in total. The molecule has 2 fully saturated rings. The number of nitro groups is 1. The van der Waals surface area contributed by atoms with Gasteiger partial charge in [0.1, 0.15) is 5.52 Å². The summed E-state index contributed by atoms with van der Waals surface area (Å²) >= 11 is 0. The van der Waals surface area contributed by atoms with Crippen LogP contribution in [0.4, 0.5) is 17.6 Å². The summed E-state index contributed by atoms with van der Waals surface area (Å²) in [5, 5.41) is 11.9. The highest BCUT2D eigenvalue weighted by Gasteiger charge is 2.37. The first kappa shape index (κ1) is 32.8. The summed E-state index contributed by atoms with van der Waals surface area (Å²) in [7, 11) is -9.89. The molecule has 0 N–H and O–H groups in total. The first-order valence-corrected chi connectivity index (χ1v) is 16.8. The molecule has 6 aromatic rings. The van der Waals surface area contributed by atoms with Gasteiger partial charge < -0.3 is 0 Å². The first-order valence-electron chi connectivity index (χ1n) is 14.4. The average molecular weight is 692 g/mol. The number of nitrogens with zero attached hydrogens (tertiary/aromatic N) is 7. The normalized spacial score (nSPS) is 15.5. The SMILES string of the molecule is O=[N+]([O-])c1ccc2c(c1)n1c(N3CCCC3)[n+]3ccccc3c1c1c3cccc[n+]3c(N3CCCC3)n21.[O-][Cl+3]([O-])([O-])[O-].[O-][Cl+3]([O-])([O-])[O-]. The van der Waals surface area contributed by atoms with Crippen LogP contribution in [0.5, 0.6) is 0 Å². The van der Waals surface area contributed by atoms with Gasteiger partial charge in [0.25, 0.3) is 5.69 Å². The van der Waals surface area contributed by atoms with Crippen LogP contribution >= 0.6 is 0 Å². The predicted molar refractivity (Wildman–Crippen MR) is 142 cm³/mol. The second-order valence-corrected chi connectivity index (χ2v) is 12.5. The van der Waals surface area contributed by atoms with Crippen molar-refractivity contribution in [1.82, 2.24) is 8.80 Å². The molecule has 1 aromatic carbocycles. The monoisotopic (exact) mass is 691 g/mol. The molecule has 47 heavy (non-hydrogen) atoms. The van der Waals surface area contributed by atoms with Crippen LogP contribution < -0.4 is 55.9 Å². The maximum atomic E-state index is 11.9. The highest BCUT2D eigenvalue weighted by atomic mass is 35.7. The quantitative estimate of drug-likeness (QED) is 0.0957. The molecule has 0 aliphatic carbocycles. The van der Waals surface area contributed by atoms with E-state index < -0.39 is 20.5 Å². The molecule has 0 spiro atoms. The Morgan fingerprint density at radius 1 is 0.596 bits per heavy atom. The van der Waals surface area contributed by atoms with Crippen molar-refractivity contribution >= 4 is 50.7 Å². The summed E-state index contributed by atoms with van der Waals surface area (Å²) < 4.78 is 77.1. The summed E-state index contributed by atoms with van der Waals surface area (Å²) in [4.78, 5) is 16.5. The van der Waals surface area contributed by atoms with E-state index in [1.54, 1.807) is 12.1 Å². The van der Waals surface area contributed by atoms with Crippen LogP contribution in [-0.4, -0.2) is 39.9 Å². The van der Waals surface area contributed by atoms with Crippen molar-refractivity contribution in [2.24, 2.45) is 0 Å². The van der Waals surface area contributed by atoms with Crippen molar-refractivity contribution in [3.63, 3.8) is 0 Å². The molecular weight excluding hydrogens is 665 g/mol. The van der Waals surface area contributed by atoms with Gasteiger partial charge in [-0.05, 0) is 56.0 Å². The third-order valence-electron chi connectivity index (χ3n) is 8.14. The number of non-ortho nitro benzene ring substituents is 1. The zero-order chi connectivity index (χ0) is 33.7. The smallest absolute Gasteiger partial charge is 0.263 e. The molecule has 0 amide bonds. The van der Waals surface area contributed by atoms with Gasteiger partial charge in [-0.25, -0.2) is 46.1 Å². The van der Waals surface area contributed by atoms with Gasteiger partial charge >= 0.3 is 11.9 Å². The number of rotatable bonds is 3. The molecule has 0 bridgehead atoms. The van der Waals surface area contributed by atoms with E-state index in [2.05, 4.69) is 76.2 Å². The highest BCUT2D eigenvalue weighted by Crippen LogP contribution is 2.36. The number of halogens is 2. The topological polar surface area (TPSA) is 251 Å². The number of benzene rings is 1. The number of pyridine rings is 2. The maximum absolute atomic E-state index is 11.9. The average Bonchev–Trinajstić information content (AvgIpc) is 3.80. The lowest BCUT2D eigenvalue weighted by Gasteiger charge is -2.17. The number of hydrogen-bond acceptors (Lipinski definition) is 12. The molecule has 19 heteroatoms. The fraction of sp³-hybridized carbons (Fsp3) is 0.286. The van der Waals surface area contributed by atoms with E-state index >= 15 is 0 Å². The lowest BCUT2D eigenvalue weighted by atomic mass is 10.2. The Kier molecular flexibility index (Phi) is 8.70. The minimum absolute atomic E-state index is 0.107. The number of nitro benzene ring substituents is 1. The lowest BCUT2D eigenvalue weighted by Crippen LogP contribution is -2.68. The van der Waals surface area contributed by atoms with Gasteiger partial charge in [-0.1, -0.05) is 12.1 Å². The Bertz CT molecular complexity index is 2090. The maximum Gasteiger partial charge on any atom is 0.370 e. The summed E-state index contributed by atoms with van der Waals surface area (Å²) in [6, 6.07) is 18.0. The van der Waals surface area contributed by atoms with Crippen molar-refractivity contribution in [3.8, 4) is 0 Å². The molecule has 5 aromatic heterocycles. The molecule has 0 atom stereocenters. The summed E-state index contributed by atoms with van der Waals surface area (Å²) in [5.74, 6) is 2.18. The van der Waals surface area contributed by atoms with Crippen molar-refractivity contribution in [3.05, 3.63) is 77.1 Å². The number of fused-ring (bicyclic) bond motifs is 10. The van der Waals surface area contributed by atoms with E-state index in [1.807, 2.05) is 6.07 Å². The van der Waals surface area contributed by atoms with Crippen LogP contribution in [0.15, 0.2) is 67.0 Å². The van der Waals surface area contributed by atoms with Gasteiger partial charge in [0, 0.05) is 6.07 Å². The van der Waals surface area contributed by atoms with Crippen LogP contribution in [0, 0.1) is 30.6 Å². The summed E-state index contributed by atoms with van der Waals surface area (Å²) in [5.41, 5.74) is 6.35. The zero-order valence-corrected chi connectivity index (χ0v) is 26.0. The Labute approximate surface area is 269 Å². The van der Waals surface area contributed by atoms with Crippen LogP contribution in [-0.2, 0) is 0 Å². The molecule has 248 valence electrons. The molecule has 2 saturated heterocycles. The van der Waals surface area contributed by atoms with Crippen molar-refractivity contribution < 1.29 is 71.5 Å². The van der Waals surface area contributed by atoms with E-state index in [1.165, 1.54) is 0 Å². The first-order chi connectivity index (χ1) is 22.2. The molecule has 2 aliphatic rings. The number of anilines is 2. The second kappa shape index (κ2) is 12.5. The lowest BCUT2D eigenvalue weighted by molar-refractivity contribution is -2.00. The Morgan fingerprint density at radius 3 is 1.40 bits per heavy atom. The largest absolute Gasteiger partial charge is 0.370 e. The van der Waals surface area contributed by atoms with Gasteiger partial charge in [0.05, 0.1) is 49.6 Å². The molecule has 7 heterocycles. The number of hydrogen-bond donors (Lipinski definition) is 0. The minimum atomic E-state index is -4.94. The standard InChI is InChI=1S/C28H27N7O2.2ClHO4/c36-35(37)20-11-12-21-24(19-20)34-26(23-10-2-4-18-32(23)28(34)30-15-7-8-16-30)25-22-9-1-3-17-31(22)27(33(21)25)29-13-5-6-14-29;2*2-1(3,4)5/h1-4,9-12,17-19H,5-8,13-16H2;2*(H,2,3,4,5)/q+2;;/p-2. The highest BCUT2D eigenvalue weighted by molar-refractivity contribution is 6.04. The van der Waals surface area contributed by atoms with Gasteiger partial charge in [0.2, 0.25) is 0 Å². The van der Waals surface area contributed by atoms with E-state index in [0.29, 0.717) is 0 Å². The van der Waals surface area contributed by atoms with Gasteiger partial charge in [-0.3, -0.25) is 19.9 Å². The Balaban J connectivity index is 0.000000341. The third-order valence-corrected chi connectivity index (χ3v) is 8.14. The van der Waals surface area contributed by atoms with E-state index in [4.69, 9.17) is 37.3 Å². The third kappa shape index (κ3) is 6.54. The molecule has 2 aliphatic heterocycles. The van der Waals surface area contributed by atoms with Crippen molar-refractivity contribution in [1.29, 1.82) is 0 Å². The van der Waals surface area contributed by atoms with E-state index in [0.717, 1.165) is 96.9 Å². The molecular formula is C28H27Cl2N7O10. The molecule has 8 rings (SSSR count). The fourth-order valence-corrected chi connectivity index (χ4v) is 6.59.